The summed E-state index contributed by atoms with van der Waals surface area (Å²) < 4.78 is 0.725. The number of aromatic nitrogens is 1. The second kappa shape index (κ2) is 4.81. The van der Waals surface area contributed by atoms with E-state index < -0.39 is 0 Å². The number of nitrogen functional groups attached to an aromatic ring is 1. The van der Waals surface area contributed by atoms with Crippen LogP contribution in [-0.2, 0) is 0 Å². The highest BCUT2D eigenvalue weighted by Crippen LogP contribution is 2.25. The Hall–Kier alpha value is -1.46. The molecule has 17 heavy (non-hydrogen) atoms. The molecule has 0 aliphatic rings. The number of benzene rings is 1. The molecule has 0 bridgehead atoms. The lowest BCUT2D eigenvalue weighted by atomic mass is 10.3. The molecule has 0 saturated heterocycles. The number of hydrogen-bond acceptors (Lipinski definition) is 2. The molecule has 0 aliphatic carbocycles. The van der Waals surface area contributed by atoms with Gasteiger partial charge in [0.15, 0.2) is 0 Å². The predicted molar refractivity (Wildman–Crippen MR) is 72.3 cm³/mol. The van der Waals surface area contributed by atoms with Gasteiger partial charge in [0.25, 0.3) is 5.91 Å². The molecule has 0 fully saturated rings. The summed E-state index contributed by atoms with van der Waals surface area (Å²) in [7, 11) is 0. The fourth-order valence-electron chi connectivity index (χ4n) is 1.31. The first-order valence-electron chi connectivity index (χ1n) is 4.76. The molecule has 2 rings (SSSR count). The number of anilines is 2. The molecule has 1 amide bonds. The Morgan fingerprint density at radius 1 is 1.41 bits per heavy atom. The van der Waals surface area contributed by atoms with Gasteiger partial charge in [0.1, 0.15) is 5.69 Å². The molecule has 0 radical (unpaired) electrons. The van der Waals surface area contributed by atoms with E-state index in [2.05, 4.69) is 26.2 Å². The van der Waals surface area contributed by atoms with E-state index >= 15 is 0 Å². The molecular formula is C11H9BrClN3O. The molecule has 0 atom stereocenters. The zero-order valence-corrected chi connectivity index (χ0v) is 11.0. The number of rotatable bonds is 2. The highest BCUT2D eigenvalue weighted by molar-refractivity contribution is 9.10. The van der Waals surface area contributed by atoms with Gasteiger partial charge in [0.2, 0.25) is 0 Å². The third-order valence-electron chi connectivity index (χ3n) is 2.13. The lowest BCUT2D eigenvalue weighted by molar-refractivity contribution is 0.102. The van der Waals surface area contributed by atoms with Crippen LogP contribution in [0.25, 0.3) is 0 Å². The Morgan fingerprint density at radius 3 is 2.76 bits per heavy atom. The summed E-state index contributed by atoms with van der Waals surface area (Å²) in [5.74, 6) is -0.254. The van der Waals surface area contributed by atoms with E-state index in [1.807, 2.05) is 0 Å². The highest BCUT2D eigenvalue weighted by Gasteiger charge is 2.08. The van der Waals surface area contributed by atoms with Gasteiger partial charge in [0, 0.05) is 22.0 Å². The fraction of sp³-hybridized carbons (Fsp3) is 0. The molecule has 4 nitrogen and oxygen atoms in total. The number of carbonyl (C=O) groups is 1. The first-order valence-corrected chi connectivity index (χ1v) is 5.93. The van der Waals surface area contributed by atoms with Crippen molar-refractivity contribution in [1.29, 1.82) is 0 Å². The van der Waals surface area contributed by atoms with Gasteiger partial charge in [-0.1, -0.05) is 11.6 Å². The SMILES string of the molecule is Nc1c[nH]c(C(=O)Nc2ccc(Cl)c(Br)c2)c1. The van der Waals surface area contributed by atoms with Gasteiger partial charge in [0.05, 0.1) is 5.02 Å². The number of carbonyl (C=O) groups excluding carboxylic acids is 1. The third-order valence-corrected chi connectivity index (χ3v) is 3.34. The molecule has 0 spiro atoms. The molecule has 0 unspecified atom stereocenters. The van der Waals surface area contributed by atoms with Gasteiger partial charge < -0.3 is 16.0 Å². The molecule has 1 heterocycles. The van der Waals surface area contributed by atoms with Crippen molar-refractivity contribution in [2.24, 2.45) is 0 Å². The molecule has 0 saturated carbocycles. The van der Waals surface area contributed by atoms with Crippen molar-refractivity contribution >= 4 is 44.8 Å². The van der Waals surface area contributed by atoms with Crippen molar-refractivity contribution in [2.75, 3.05) is 11.1 Å². The first kappa shape index (κ1) is 12.0. The van der Waals surface area contributed by atoms with E-state index in [4.69, 9.17) is 17.3 Å². The van der Waals surface area contributed by atoms with Gasteiger partial charge in [-0.15, -0.1) is 0 Å². The third kappa shape index (κ3) is 2.81. The maximum atomic E-state index is 11.8. The second-order valence-corrected chi connectivity index (χ2v) is 4.69. The number of hydrogen-bond donors (Lipinski definition) is 3. The van der Waals surface area contributed by atoms with Crippen LogP contribution < -0.4 is 11.1 Å². The van der Waals surface area contributed by atoms with Crippen LogP contribution in [0.3, 0.4) is 0 Å². The van der Waals surface area contributed by atoms with Crippen molar-refractivity contribution in [2.45, 2.75) is 0 Å². The summed E-state index contributed by atoms with van der Waals surface area (Å²) in [4.78, 5) is 14.6. The largest absolute Gasteiger partial charge is 0.397 e. The number of amides is 1. The van der Waals surface area contributed by atoms with Gasteiger partial charge in [-0.3, -0.25) is 4.79 Å². The average Bonchev–Trinajstić information content (AvgIpc) is 2.70. The maximum absolute atomic E-state index is 11.8. The summed E-state index contributed by atoms with van der Waals surface area (Å²) in [5.41, 5.74) is 7.10. The minimum atomic E-state index is -0.254. The van der Waals surface area contributed by atoms with E-state index in [1.165, 1.54) is 0 Å². The van der Waals surface area contributed by atoms with Crippen LogP contribution >= 0.6 is 27.5 Å². The summed E-state index contributed by atoms with van der Waals surface area (Å²) >= 11 is 9.14. The van der Waals surface area contributed by atoms with Gasteiger partial charge in [-0.25, -0.2) is 0 Å². The topological polar surface area (TPSA) is 70.9 Å². The molecule has 1 aromatic heterocycles. The quantitative estimate of drug-likeness (QED) is 0.796. The van der Waals surface area contributed by atoms with E-state index in [1.54, 1.807) is 30.5 Å². The Labute approximate surface area is 111 Å². The predicted octanol–water partition coefficient (Wildman–Crippen LogP) is 3.27. The number of nitrogens with two attached hydrogens (primary N) is 1. The van der Waals surface area contributed by atoms with Crippen molar-refractivity contribution in [3.05, 3.63) is 45.7 Å². The molecular weight excluding hydrogens is 305 g/mol. The summed E-state index contributed by atoms with van der Waals surface area (Å²) in [6.07, 6.45) is 1.56. The minimum Gasteiger partial charge on any atom is -0.397 e. The number of nitrogens with one attached hydrogen (secondary N) is 2. The minimum absolute atomic E-state index is 0.254. The van der Waals surface area contributed by atoms with Crippen molar-refractivity contribution < 1.29 is 4.79 Å². The molecule has 2 aromatic rings. The molecule has 0 aliphatic heterocycles. The molecule has 6 heteroatoms. The number of aromatic amines is 1. The van der Waals surface area contributed by atoms with Crippen LogP contribution in [0.15, 0.2) is 34.9 Å². The van der Waals surface area contributed by atoms with Crippen LogP contribution in [0.2, 0.25) is 5.02 Å². The van der Waals surface area contributed by atoms with Gasteiger partial charge >= 0.3 is 0 Å². The summed E-state index contributed by atoms with van der Waals surface area (Å²) in [5, 5.41) is 3.32. The van der Waals surface area contributed by atoms with E-state index in [0.29, 0.717) is 22.1 Å². The van der Waals surface area contributed by atoms with Gasteiger partial charge in [-0.2, -0.15) is 0 Å². The first-order chi connectivity index (χ1) is 8.06. The normalized spacial score (nSPS) is 10.2. The Bertz CT molecular complexity index is 568. The molecule has 88 valence electrons. The van der Waals surface area contributed by atoms with E-state index in [9.17, 15) is 4.79 Å². The van der Waals surface area contributed by atoms with Crippen LogP contribution in [0.4, 0.5) is 11.4 Å². The van der Waals surface area contributed by atoms with Gasteiger partial charge in [-0.05, 0) is 40.2 Å². The van der Waals surface area contributed by atoms with Crippen molar-refractivity contribution in [1.82, 2.24) is 4.98 Å². The fourth-order valence-corrected chi connectivity index (χ4v) is 1.81. The van der Waals surface area contributed by atoms with E-state index in [-0.39, 0.29) is 5.91 Å². The van der Waals surface area contributed by atoms with Crippen molar-refractivity contribution in [3.8, 4) is 0 Å². The summed E-state index contributed by atoms with van der Waals surface area (Å²) in [6, 6.07) is 6.72. The second-order valence-electron chi connectivity index (χ2n) is 3.43. The average molecular weight is 315 g/mol. The standard InChI is InChI=1S/C11H9BrClN3O/c12-8-4-7(1-2-9(8)13)16-11(17)10-3-6(14)5-15-10/h1-5,15H,14H2,(H,16,17). The van der Waals surface area contributed by atoms with Crippen LogP contribution in [0, 0.1) is 0 Å². The number of H-pyrrole nitrogens is 1. The lowest BCUT2D eigenvalue weighted by Gasteiger charge is -2.05. The highest BCUT2D eigenvalue weighted by atomic mass is 79.9. The zero-order chi connectivity index (χ0) is 12.4. The zero-order valence-electron chi connectivity index (χ0n) is 8.63. The van der Waals surface area contributed by atoms with Crippen LogP contribution in [-0.4, -0.2) is 10.9 Å². The monoisotopic (exact) mass is 313 g/mol. The van der Waals surface area contributed by atoms with Crippen molar-refractivity contribution in [3.63, 3.8) is 0 Å². The summed E-state index contributed by atoms with van der Waals surface area (Å²) in [6.45, 7) is 0. The van der Waals surface area contributed by atoms with Crippen LogP contribution in [0.5, 0.6) is 0 Å². The maximum Gasteiger partial charge on any atom is 0.272 e. The molecule has 1 aromatic carbocycles. The smallest absolute Gasteiger partial charge is 0.272 e. The Morgan fingerprint density at radius 2 is 2.18 bits per heavy atom. The molecule has 4 N–H and O–H groups in total. The van der Waals surface area contributed by atoms with E-state index in [0.717, 1.165) is 4.47 Å². The van der Waals surface area contributed by atoms with Crippen LogP contribution in [0.1, 0.15) is 10.5 Å². The lowest BCUT2D eigenvalue weighted by Crippen LogP contribution is -2.12. The Kier molecular flexibility index (Phi) is 3.40. The Balaban J connectivity index is 2.15. The number of halogens is 2.